The van der Waals surface area contributed by atoms with Gasteiger partial charge in [-0.15, -0.1) is 0 Å². The molecule has 3 N–H and O–H groups in total. The Morgan fingerprint density at radius 2 is 1.81 bits per heavy atom. The number of ether oxygens (including phenoxy) is 3. The summed E-state index contributed by atoms with van der Waals surface area (Å²) < 4.78 is 85.3. The van der Waals surface area contributed by atoms with Crippen LogP contribution in [0.1, 0.15) is 86.0 Å². The first-order valence-electron chi connectivity index (χ1n) is 19.6. The first-order valence-corrected chi connectivity index (χ1v) is 21.1. The monoisotopic (exact) mass is 835 g/mol. The van der Waals surface area contributed by atoms with E-state index in [1.807, 2.05) is 13.0 Å². The molecule has 1 aromatic carbocycles. The molecule has 1 aromatic heterocycles. The Morgan fingerprint density at radius 1 is 1.10 bits per heavy atom. The molecule has 0 radical (unpaired) electrons. The number of hydrogen-bond donors (Lipinski definition) is 3. The normalized spacial score (nSPS) is 29.4. The van der Waals surface area contributed by atoms with Crippen LogP contribution in [0, 0.1) is 17.8 Å². The van der Waals surface area contributed by atoms with Crippen molar-refractivity contribution in [1.82, 2.24) is 25.2 Å². The number of carbonyl (C=O) groups excluding carboxylic acids is 4. The number of alkyl halides is 3. The first kappa shape index (κ1) is 43.0. The van der Waals surface area contributed by atoms with Gasteiger partial charge in [0.25, 0.3) is 5.91 Å². The van der Waals surface area contributed by atoms with E-state index < -0.39 is 85.9 Å². The molecule has 58 heavy (non-hydrogen) atoms. The topological polar surface area (TPSA) is 182 Å². The van der Waals surface area contributed by atoms with Gasteiger partial charge < -0.3 is 29.7 Å². The van der Waals surface area contributed by atoms with E-state index in [0.717, 1.165) is 0 Å². The van der Waals surface area contributed by atoms with Crippen LogP contribution in [-0.2, 0) is 29.1 Å². The highest BCUT2D eigenvalue weighted by atomic mass is 32.2. The van der Waals surface area contributed by atoms with Gasteiger partial charge in [-0.25, -0.2) is 13.2 Å². The Labute approximate surface area is 336 Å². The number of pyridine rings is 1. The van der Waals surface area contributed by atoms with Gasteiger partial charge in [-0.05, 0) is 95.4 Å². The van der Waals surface area contributed by atoms with Crippen LogP contribution in [0.25, 0.3) is 10.9 Å². The Balaban J connectivity index is 1.35. The molecule has 4 amide bonds. The predicted molar refractivity (Wildman–Crippen MR) is 206 cm³/mol. The SMILES string of the molecule is CC[C@@H]1C[C@H](C)CC/C=C\[C@@H]2C[C@@]2(C(=O)NS(=O)(=O)C2(C)CC2)NC(=O)[C@@H]2C[C@@H](Oc3cnc4ccc(OC)cc4c3)CN2C(=O)[C@H]1NC(=O)OC(C)(C)C(F)(F)F. The van der Waals surface area contributed by atoms with Gasteiger partial charge in [0.15, 0.2) is 0 Å². The number of fused-ring (bicyclic) bond motifs is 3. The number of benzene rings is 1. The summed E-state index contributed by atoms with van der Waals surface area (Å²) in [5.41, 5.74) is -3.86. The molecular formula is C40H52F3N5O9S. The van der Waals surface area contributed by atoms with Gasteiger partial charge in [-0.3, -0.25) is 24.1 Å². The molecule has 1 saturated heterocycles. The van der Waals surface area contributed by atoms with Crippen LogP contribution < -0.4 is 24.8 Å². The summed E-state index contributed by atoms with van der Waals surface area (Å²) in [6, 6.07) is 4.30. The van der Waals surface area contributed by atoms with Crippen molar-refractivity contribution in [3.63, 3.8) is 0 Å². The van der Waals surface area contributed by atoms with Gasteiger partial charge in [0, 0.05) is 17.7 Å². The minimum Gasteiger partial charge on any atom is -0.497 e. The van der Waals surface area contributed by atoms with Gasteiger partial charge in [0.05, 0.1) is 30.1 Å². The predicted octanol–water partition coefficient (Wildman–Crippen LogP) is 5.30. The summed E-state index contributed by atoms with van der Waals surface area (Å²) in [5, 5.41) is 5.93. The van der Waals surface area contributed by atoms with Crippen LogP contribution in [0.5, 0.6) is 11.5 Å². The van der Waals surface area contributed by atoms with Crippen molar-refractivity contribution in [2.45, 2.75) is 126 Å². The van der Waals surface area contributed by atoms with Crippen LogP contribution in [-0.4, -0.2) is 96.0 Å². The minimum atomic E-state index is -4.91. The molecule has 14 nitrogen and oxygen atoms in total. The molecular weight excluding hydrogens is 784 g/mol. The molecule has 2 saturated carbocycles. The zero-order valence-electron chi connectivity index (χ0n) is 33.5. The summed E-state index contributed by atoms with van der Waals surface area (Å²) in [4.78, 5) is 62.1. The fourth-order valence-corrected chi connectivity index (χ4v) is 9.05. The molecule has 4 aliphatic rings. The Bertz CT molecular complexity index is 2070. The van der Waals surface area contributed by atoms with E-state index in [9.17, 15) is 40.8 Å². The molecule has 7 atom stereocenters. The van der Waals surface area contributed by atoms with Crippen molar-refractivity contribution in [1.29, 1.82) is 0 Å². The molecule has 3 fully saturated rings. The maximum Gasteiger partial charge on any atom is 0.427 e. The summed E-state index contributed by atoms with van der Waals surface area (Å²) in [6.07, 6.45) is 0.658. The van der Waals surface area contributed by atoms with Crippen molar-refractivity contribution in [2.24, 2.45) is 17.8 Å². The average molecular weight is 836 g/mol. The Hall–Kier alpha value is -4.61. The van der Waals surface area contributed by atoms with E-state index in [2.05, 4.69) is 20.3 Å². The van der Waals surface area contributed by atoms with Crippen LogP contribution in [0.4, 0.5) is 18.0 Å². The molecule has 2 aliphatic heterocycles. The van der Waals surface area contributed by atoms with Gasteiger partial charge in [0.2, 0.25) is 27.4 Å². The third-order valence-electron chi connectivity index (χ3n) is 12.1. The zero-order valence-corrected chi connectivity index (χ0v) is 34.3. The molecule has 6 rings (SSSR count). The largest absolute Gasteiger partial charge is 0.497 e. The summed E-state index contributed by atoms with van der Waals surface area (Å²) in [7, 11) is -2.55. The smallest absolute Gasteiger partial charge is 0.427 e. The highest BCUT2D eigenvalue weighted by Gasteiger charge is 2.63. The molecule has 3 heterocycles. The summed E-state index contributed by atoms with van der Waals surface area (Å²) >= 11 is 0. The standard InChI is InChI=1S/C40H52F3N5O9S/c1-7-24-16-23(2)10-8-9-11-26-20-39(26,35(51)47-58(53,54)38(5)14-15-38)46-33(49)31-19-29(56-28-18-25-17-27(55-6)12-13-30(25)44-21-28)22-48(31)34(50)32(24)45-36(52)57-37(3,4)40(41,42)43/h9,11-13,17-18,21,23-24,26,29,31-32H,7-8,10,14-16,19-20,22H2,1-6H3,(H,45,52)(H,46,49)(H,47,51)/b11-9-/t23-,24-,26-,29-,31+,32+,39-/m1/s1. The third-order valence-corrected chi connectivity index (χ3v) is 14.2. The van der Waals surface area contributed by atoms with Gasteiger partial charge in [-0.2, -0.15) is 13.2 Å². The Morgan fingerprint density at radius 3 is 2.47 bits per heavy atom. The number of sulfonamides is 1. The van der Waals surface area contributed by atoms with Crippen LogP contribution in [0.15, 0.2) is 42.6 Å². The second kappa shape index (κ2) is 15.9. The van der Waals surface area contributed by atoms with Crippen LogP contribution in [0.3, 0.4) is 0 Å². The van der Waals surface area contributed by atoms with E-state index in [1.165, 1.54) is 18.2 Å². The lowest BCUT2D eigenvalue weighted by molar-refractivity contribution is -0.244. The highest BCUT2D eigenvalue weighted by Crippen LogP contribution is 2.48. The van der Waals surface area contributed by atoms with E-state index in [1.54, 1.807) is 44.2 Å². The number of nitrogens with zero attached hydrogens (tertiary/aromatic N) is 2. The number of nitrogens with one attached hydrogen (secondary N) is 3. The molecule has 2 aliphatic carbocycles. The lowest BCUT2D eigenvalue weighted by atomic mass is 9.85. The fraction of sp³-hybridized carbons (Fsp3) is 0.625. The van der Waals surface area contributed by atoms with E-state index >= 15 is 0 Å². The van der Waals surface area contributed by atoms with Crippen LogP contribution >= 0.6 is 0 Å². The molecule has 0 bridgehead atoms. The van der Waals surface area contributed by atoms with E-state index in [-0.39, 0.29) is 25.3 Å². The third kappa shape index (κ3) is 8.86. The minimum absolute atomic E-state index is 0.0274. The number of hydrogen-bond acceptors (Lipinski definition) is 10. The lowest BCUT2D eigenvalue weighted by Gasteiger charge is -2.35. The van der Waals surface area contributed by atoms with E-state index in [0.29, 0.717) is 74.8 Å². The van der Waals surface area contributed by atoms with E-state index in [4.69, 9.17) is 14.2 Å². The number of allylic oxidation sites excluding steroid dienone is 1. The lowest BCUT2D eigenvalue weighted by Crippen LogP contribution is -2.60. The number of carbonyl (C=O) groups is 4. The summed E-state index contributed by atoms with van der Waals surface area (Å²) in [5.74, 6) is -2.65. The summed E-state index contributed by atoms with van der Waals surface area (Å²) in [6.45, 7) is 6.51. The van der Waals surface area contributed by atoms with Crippen molar-refractivity contribution in [2.75, 3.05) is 13.7 Å². The Kier molecular flexibility index (Phi) is 11.8. The zero-order chi connectivity index (χ0) is 42.4. The van der Waals surface area contributed by atoms with Gasteiger partial charge in [0.1, 0.15) is 35.2 Å². The number of amides is 4. The maximum atomic E-state index is 14.8. The quantitative estimate of drug-likeness (QED) is 0.281. The van der Waals surface area contributed by atoms with Gasteiger partial charge in [-0.1, -0.05) is 32.4 Å². The number of aromatic nitrogens is 1. The first-order chi connectivity index (χ1) is 27.1. The second-order valence-electron chi connectivity index (χ2n) is 16.9. The number of alkyl carbamates (subject to hydrolysis) is 1. The van der Waals surface area contributed by atoms with Gasteiger partial charge >= 0.3 is 12.3 Å². The maximum absolute atomic E-state index is 14.8. The number of rotatable bonds is 9. The number of methoxy groups -OCH3 is 1. The van der Waals surface area contributed by atoms with Crippen molar-refractivity contribution >= 4 is 44.7 Å². The fourth-order valence-electron chi connectivity index (χ4n) is 7.73. The average Bonchev–Trinajstić information content (AvgIpc) is 4.03. The molecule has 18 heteroatoms. The highest BCUT2D eigenvalue weighted by molar-refractivity contribution is 7.91. The van der Waals surface area contributed by atoms with Crippen molar-refractivity contribution < 1.29 is 55.0 Å². The van der Waals surface area contributed by atoms with Crippen molar-refractivity contribution in [3.05, 3.63) is 42.6 Å². The molecule has 318 valence electrons. The van der Waals surface area contributed by atoms with Crippen molar-refractivity contribution in [3.8, 4) is 11.5 Å². The second-order valence-corrected chi connectivity index (χ2v) is 19.1. The number of halogens is 3. The molecule has 0 spiro atoms. The molecule has 0 unspecified atom stereocenters. The van der Waals surface area contributed by atoms with Crippen LogP contribution in [0.2, 0.25) is 0 Å². The molecule has 2 aromatic rings.